The van der Waals surface area contributed by atoms with E-state index >= 15 is 0 Å². The number of hydrogen-bond donors (Lipinski definition) is 1. The normalized spacial score (nSPS) is 18.1. The number of rotatable bonds is 11. The molecule has 1 saturated carbocycles. The molecule has 1 heterocycles. The molecule has 0 spiro atoms. The Labute approximate surface area is 130 Å². The minimum atomic E-state index is 0.360. The molecule has 1 unspecified atom stereocenters. The summed E-state index contributed by atoms with van der Waals surface area (Å²) >= 11 is 0. The molecule has 1 atom stereocenters. The standard InChI is InChI=1S/C18H32N2O/c1-4-10-18(3,14-19-11-5-2)15-20(16-8-9-16)13-17-7-6-12-21-17/h6-7,12,16,19H,4-5,8-11,13-15H2,1-3H3. The quantitative estimate of drug-likeness (QED) is 0.624. The van der Waals surface area contributed by atoms with Crippen molar-refractivity contribution in [1.29, 1.82) is 0 Å². The van der Waals surface area contributed by atoms with Crippen LogP contribution in [0.5, 0.6) is 0 Å². The van der Waals surface area contributed by atoms with Crippen LogP contribution in [-0.4, -0.2) is 30.6 Å². The Morgan fingerprint density at radius 2 is 2.14 bits per heavy atom. The Bertz CT molecular complexity index is 386. The molecule has 21 heavy (non-hydrogen) atoms. The van der Waals surface area contributed by atoms with Gasteiger partial charge >= 0.3 is 0 Å². The number of hydrogen-bond acceptors (Lipinski definition) is 3. The Hall–Kier alpha value is -0.800. The van der Waals surface area contributed by atoms with Crippen LogP contribution in [0, 0.1) is 5.41 Å². The molecule has 3 heteroatoms. The van der Waals surface area contributed by atoms with Crippen LogP contribution in [-0.2, 0) is 6.54 Å². The second-order valence-corrected chi connectivity index (χ2v) is 6.95. The molecular formula is C18H32N2O. The van der Waals surface area contributed by atoms with Gasteiger partial charge in [-0.2, -0.15) is 0 Å². The summed E-state index contributed by atoms with van der Waals surface area (Å²) in [4.78, 5) is 2.64. The molecule has 1 aromatic rings. The average Bonchev–Trinajstić information content (AvgIpc) is 3.17. The van der Waals surface area contributed by atoms with Crippen LogP contribution >= 0.6 is 0 Å². The maximum Gasteiger partial charge on any atom is 0.117 e. The van der Waals surface area contributed by atoms with E-state index in [1.807, 2.05) is 6.07 Å². The van der Waals surface area contributed by atoms with E-state index in [9.17, 15) is 0 Å². The van der Waals surface area contributed by atoms with Gasteiger partial charge in [0, 0.05) is 19.1 Å². The van der Waals surface area contributed by atoms with Crippen molar-refractivity contribution in [3.05, 3.63) is 24.2 Å². The van der Waals surface area contributed by atoms with Crippen molar-refractivity contribution in [2.45, 2.75) is 65.5 Å². The lowest BCUT2D eigenvalue weighted by molar-refractivity contribution is 0.129. The Balaban J connectivity index is 1.94. The van der Waals surface area contributed by atoms with Crippen molar-refractivity contribution in [2.24, 2.45) is 5.41 Å². The summed E-state index contributed by atoms with van der Waals surface area (Å²) < 4.78 is 5.56. The van der Waals surface area contributed by atoms with Crippen LogP contribution in [0.4, 0.5) is 0 Å². The summed E-state index contributed by atoms with van der Waals surface area (Å²) in [6.07, 6.45) is 8.24. The first kappa shape index (κ1) is 16.6. The lowest BCUT2D eigenvalue weighted by Gasteiger charge is -2.36. The van der Waals surface area contributed by atoms with E-state index in [2.05, 4.69) is 37.1 Å². The molecule has 0 aliphatic heterocycles. The predicted octanol–water partition coefficient (Wildman–Crippen LogP) is 4.05. The highest BCUT2D eigenvalue weighted by atomic mass is 16.3. The minimum Gasteiger partial charge on any atom is -0.468 e. The molecule has 0 amide bonds. The summed E-state index contributed by atoms with van der Waals surface area (Å²) in [7, 11) is 0. The van der Waals surface area contributed by atoms with Gasteiger partial charge in [-0.15, -0.1) is 0 Å². The van der Waals surface area contributed by atoms with Gasteiger partial charge in [0.05, 0.1) is 12.8 Å². The molecule has 0 radical (unpaired) electrons. The monoisotopic (exact) mass is 292 g/mol. The molecule has 0 saturated heterocycles. The van der Waals surface area contributed by atoms with Gasteiger partial charge in [0.15, 0.2) is 0 Å². The first-order valence-corrected chi connectivity index (χ1v) is 8.64. The summed E-state index contributed by atoms with van der Waals surface area (Å²) in [6, 6.07) is 4.87. The Morgan fingerprint density at radius 3 is 2.71 bits per heavy atom. The zero-order chi connectivity index (χ0) is 15.1. The number of furan rings is 1. The van der Waals surface area contributed by atoms with Gasteiger partial charge < -0.3 is 9.73 Å². The van der Waals surface area contributed by atoms with Crippen molar-refractivity contribution in [3.8, 4) is 0 Å². The fourth-order valence-corrected chi connectivity index (χ4v) is 3.24. The second kappa shape index (κ2) is 8.00. The highest BCUT2D eigenvalue weighted by Crippen LogP contribution is 2.33. The van der Waals surface area contributed by atoms with E-state index in [1.54, 1.807) is 6.26 Å². The van der Waals surface area contributed by atoms with E-state index in [0.29, 0.717) is 5.41 Å². The van der Waals surface area contributed by atoms with Crippen LogP contribution in [0.25, 0.3) is 0 Å². The van der Waals surface area contributed by atoms with E-state index in [1.165, 1.54) is 38.6 Å². The molecule has 1 aliphatic carbocycles. The summed E-state index contributed by atoms with van der Waals surface area (Å²) in [5.41, 5.74) is 0.360. The Morgan fingerprint density at radius 1 is 1.33 bits per heavy atom. The average molecular weight is 292 g/mol. The second-order valence-electron chi connectivity index (χ2n) is 6.95. The summed E-state index contributed by atoms with van der Waals surface area (Å²) in [6.45, 7) is 11.4. The van der Waals surface area contributed by atoms with Crippen LogP contribution in [0.15, 0.2) is 22.8 Å². The van der Waals surface area contributed by atoms with Crippen LogP contribution in [0.1, 0.15) is 58.6 Å². The van der Waals surface area contributed by atoms with Gasteiger partial charge in [-0.25, -0.2) is 0 Å². The molecule has 1 aromatic heterocycles. The van der Waals surface area contributed by atoms with Crippen LogP contribution in [0.2, 0.25) is 0 Å². The maximum atomic E-state index is 5.56. The van der Waals surface area contributed by atoms with Gasteiger partial charge in [-0.05, 0) is 49.8 Å². The first-order valence-electron chi connectivity index (χ1n) is 8.64. The smallest absolute Gasteiger partial charge is 0.117 e. The molecular weight excluding hydrogens is 260 g/mol. The van der Waals surface area contributed by atoms with Crippen molar-refractivity contribution < 1.29 is 4.42 Å². The SMILES string of the molecule is CCCNCC(C)(CCC)CN(Cc1ccco1)C1CC1. The fourth-order valence-electron chi connectivity index (χ4n) is 3.24. The van der Waals surface area contributed by atoms with Crippen LogP contribution < -0.4 is 5.32 Å². The Kier molecular flexibility index (Phi) is 6.31. The number of nitrogens with one attached hydrogen (secondary N) is 1. The molecule has 0 bridgehead atoms. The van der Waals surface area contributed by atoms with Crippen molar-refractivity contribution >= 4 is 0 Å². The molecule has 0 aromatic carbocycles. The maximum absolute atomic E-state index is 5.56. The molecule has 120 valence electrons. The predicted molar refractivity (Wildman–Crippen MR) is 88.3 cm³/mol. The number of nitrogens with zero attached hydrogens (tertiary/aromatic N) is 1. The zero-order valence-corrected chi connectivity index (χ0v) is 14.0. The lowest BCUT2D eigenvalue weighted by atomic mass is 9.84. The highest BCUT2D eigenvalue weighted by molar-refractivity contribution is 5.00. The van der Waals surface area contributed by atoms with Gasteiger partial charge in [-0.3, -0.25) is 4.90 Å². The van der Waals surface area contributed by atoms with E-state index < -0.39 is 0 Å². The van der Waals surface area contributed by atoms with Gasteiger partial charge in [-0.1, -0.05) is 27.2 Å². The molecule has 1 N–H and O–H groups in total. The molecule has 2 rings (SSSR count). The van der Waals surface area contributed by atoms with Gasteiger partial charge in [0.1, 0.15) is 5.76 Å². The minimum absolute atomic E-state index is 0.360. The largest absolute Gasteiger partial charge is 0.468 e. The lowest BCUT2D eigenvalue weighted by Crippen LogP contribution is -2.43. The van der Waals surface area contributed by atoms with Crippen molar-refractivity contribution in [1.82, 2.24) is 10.2 Å². The third kappa shape index (κ3) is 5.48. The zero-order valence-electron chi connectivity index (χ0n) is 14.0. The molecule has 3 nitrogen and oxygen atoms in total. The van der Waals surface area contributed by atoms with E-state index in [-0.39, 0.29) is 0 Å². The third-order valence-electron chi connectivity index (χ3n) is 4.42. The summed E-state index contributed by atoms with van der Waals surface area (Å²) in [5, 5.41) is 3.63. The van der Waals surface area contributed by atoms with Crippen molar-refractivity contribution in [3.63, 3.8) is 0 Å². The van der Waals surface area contributed by atoms with Gasteiger partial charge in [0.2, 0.25) is 0 Å². The van der Waals surface area contributed by atoms with E-state index in [4.69, 9.17) is 4.42 Å². The molecule has 1 fully saturated rings. The first-order chi connectivity index (χ1) is 10.2. The fraction of sp³-hybridized carbons (Fsp3) is 0.778. The third-order valence-corrected chi connectivity index (χ3v) is 4.42. The topological polar surface area (TPSA) is 28.4 Å². The van der Waals surface area contributed by atoms with Crippen molar-refractivity contribution in [2.75, 3.05) is 19.6 Å². The summed E-state index contributed by atoms with van der Waals surface area (Å²) in [5.74, 6) is 1.10. The molecule has 1 aliphatic rings. The van der Waals surface area contributed by atoms with Gasteiger partial charge in [0.25, 0.3) is 0 Å². The highest BCUT2D eigenvalue weighted by Gasteiger charge is 2.34. The van der Waals surface area contributed by atoms with E-state index in [0.717, 1.165) is 31.4 Å². The van der Waals surface area contributed by atoms with Crippen LogP contribution in [0.3, 0.4) is 0 Å².